The molecule has 1 rings (SSSR count). The van der Waals surface area contributed by atoms with Crippen LogP contribution in [0.2, 0.25) is 5.02 Å². The Labute approximate surface area is 105 Å². The Morgan fingerprint density at radius 3 is 2.81 bits per heavy atom. The first-order chi connectivity index (χ1) is 7.52. The van der Waals surface area contributed by atoms with Crippen LogP contribution < -0.4 is 4.74 Å². The van der Waals surface area contributed by atoms with Crippen molar-refractivity contribution in [2.24, 2.45) is 5.11 Å². The molecule has 4 nitrogen and oxygen atoms in total. The maximum Gasteiger partial charge on any atom is 0.159 e. The van der Waals surface area contributed by atoms with Gasteiger partial charge in [-0.3, -0.25) is 0 Å². The van der Waals surface area contributed by atoms with E-state index in [0.717, 1.165) is 0 Å². The van der Waals surface area contributed by atoms with Crippen molar-refractivity contribution in [2.45, 2.75) is 13.0 Å². The van der Waals surface area contributed by atoms with Gasteiger partial charge in [-0.1, -0.05) is 23.6 Å². The topological polar surface area (TPSA) is 58.0 Å². The Morgan fingerprint density at radius 2 is 2.31 bits per heavy atom. The number of hydrogen-bond acceptors (Lipinski definition) is 2. The molecule has 1 unspecified atom stereocenters. The van der Waals surface area contributed by atoms with Crippen molar-refractivity contribution in [1.82, 2.24) is 0 Å². The van der Waals surface area contributed by atoms with E-state index in [-0.39, 0.29) is 15.2 Å². The molecule has 0 aliphatic rings. The van der Waals surface area contributed by atoms with Crippen LogP contribution >= 0.6 is 27.5 Å². The Kier molecular flexibility index (Phi) is 4.41. The van der Waals surface area contributed by atoms with Crippen LogP contribution in [0.5, 0.6) is 5.75 Å². The molecule has 0 heterocycles. The third-order valence-electron chi connectivity index (χ3n) is 2.03. The first-order valence-corrected chi connectivity index (χ1v) is 5.45. The number of methoxy groups -OCH3 is 1. The third kappa shape index (κ3) is 2.40. The Bertz CT molecular complexity index is 463. The van der Waals surface area contributed by atoms with Crippen LogP contribution in [0.3, 0.4) is 0 Å². The second kappa shape index (κ2) is 5.39. The van der Waals surface area contributed by atoms with Crippen LogP contribution in [0, 0.1) is 5.82 Å². The summed E-state index contributed by atoms with van der Waals surface area (Å²) in [5.41, 5.74) is 8.88. The van der Waals surface area contributed by atoms with Gasteiger partial charge in [0, 0.05) is 10.5 Å². The first kappa shape index (κ1) is 13.1. The summed E-state index contributed by atoms with van der Waals surface area (Å²) in [5.74, 6) is -0.322. The van der Waals surface area contributed by atoms with Crippen LogP contribution in [0.25, 0.3) is 10.4 Å². The van der Waals surface area contributed by atoms with E-state index in [4.69, 9.17) is 21.9 Å². The summed E-state index contributed by atoms with van der Waals surface area (Å²) in [6, 6.07) is 0.897. The molecule has 16 heavy (non-hydrogen) atoms. The molecule has 0 N–H and O–H groups in total. The number of nitrogens with zero attached hydrogens (tertiary/aromatic N) is 3. The minimum atomic E-state index is -0.601. The monoisotopic (exact) mass is 307 g/mol. The van der Waals surface area contributed by atoms with Gasteiger partial charge in [0.15, 0.2) is 5.82 Å². The minimum absolute atomic E-state index is 0.0531. The molecule has 0 aliphatic carbocycles. The SMILES string of the molecule is COc1c(C(C)N=[N+]=[N-])cc(Cl)c(F)c1Br. The number of ether oxygens (including phenoxy) is 1. The zero-order valence-electron chi connectivity index (χ0n) is 8.54. The highest BCUT2D eigenvalue weighted by Gasteiger charge is 2.19. The molecule has 0 bridgehead atoms. The Hall–Kier alpha value is -0.970. The van der Waals surface area contributed by atoms with Gasteiger partial charge < -0.3 is 4.74 Å². The summed E-state index contributed by atoms with van der Waals surface area (Å²) in [6.07, 6.45) is 0. The molecule has 0 saturated carbocycles. The van der Waals surface area contributed by atoms with E-state index < -0.39 is 11.9 Å². The van der Waals surface area contributed by atoms with Gasteiger partial charge >= 0.3 is 0 Å². The maximum atomic E-state index is 13.4. The highest BCUT2D eigenvalue weighted by Crippen LogP contribution is 2.39. The lowest BCUT2D eigenvalue weighted by Crippen LogP contribution is -1.98. The normalized spacial score (nSPS) is 11.8. The van der Waals surface area contributed by atoms with Gasteiger partial charge in [-0.2, -0.15) is 0 Å². The van der Waals surface area contributed by atoms with Crippen molar-refractivity contribution in [3.05, 3.63) is 37.4 Å². The van der Waals surface area contributed by atoms with Crippen LogP contribution in [-0.4, -0.2) is 7.11 Å². The predicted octanol–water partition coefficient (Wildman–Crippen LogP) is 4.62. The predicted molar refractivity (Wildman–Crippen MR) is 63.2 cm³/mol. The summed E-state index contributed by atoms with van der Waals surface area (Å²) in [5, 5.41) is 3.46. The summed E-state index contributed by atoms with van der Waals surface area (Å²) in [4.78, 5) is 2.69. The van der Waals surface area contributed by atoms with Gasteiger partial charge in [0.25, 0.3) is 0 Å². The Balaban J connectivity index is 3.43. The standard InChI is InChI=1S/C9H8BrClFN3O/c1-4(14-15-13)5-3-6(11)8(12)7(10)9(5)16-2/h3-4H,1-2H3. The fourth-order valence-electron chi connectivity index (χ4n) is 1.25. The fourth-order valence-corrected chi connectivity index (χ4v) is 2.18. The molecule has 7 heteroatoms. The summed E-state index contributed by atoms with van der Waals surface area (Å²) in [6.45, 7) is 1.66. The molecule has 0 saturated heterocycles. The summed E-state index contributed by atoms with van der Waals surface area (Å²) < 4.78 is 18.6. The molecule has 0 amide bonds. The largest absolute Gasteiger partial charge is 0.495 e. The average molecular weight is 309 g/mol. The van der Waals surface area contributed by atoms with E-state index in [9.17, 15) is 4.39 Å². The molecule has 0 spiro atoms. The number of benzene rings is 1. The molecule has 0 fully saturated rings. The quantitative estimate of drug-likeness (QED) is 0.348. The second-order valence-electron chi connectivity index (χ2n) is 2.99. The van der Waals surface area contributed by atoms with Gasteiger partial charge in [0.1, 0.15) is 5.75 Å². The van der Waals surface area contributed by atoms with Gasteiger partial charge in [-0.25, -0.2) is 4.39 Å². The lowest BCUT2D eigenvalue weighted by Gasteiger charge is -2.14. The van der Waals surface area contributed by atoms with Gasteiger partial charge in [0.2, 0.25) is 0 Å². The summed E-state index contributed by atoms with van der Waals surface area (Å²) in [7, 11) is 1.40. The number of hydrogen-bond donors (Lipinski definition) is 0. The van der Waals surface area contributed by atoms with E-state index in [1.807, 2.05) is 0 Å². The van der Waals surface area contributed by atoms with Gasteiger partial charge in [-0.15, -0.1) is 0 Å². The molecule has 86 valence electrons. The fraction of sp³-hybridized carbons (Fsp3) is 0.333. The van der Waals surface area contributed by atoms with Crippen molar-refractivity contribution < 1.29 is 9.13 Å². The highest BCUT2D eigenvalue weighted by molar-refractivity contribution is 9.10. The molecular weight excluding hydrogens is 300 g/mol. The van der Waals surface area contributed by atoms with E-state index >= 15 is 0 Å². The van der Waals surface area contributed by atoms with Crippen molar-refractivity contribution in [3.8, 4) is 5.75 Å². The zero-order chi connectivity index (χ0) is 12.3. The van der Waals surface area contributed by atoms with Crippen molar-refractivity contribution in [3.63, 3.8) is 0 Å². The first-order valence-electron chi connectivity index (χ1n) is 4.28. The molecule has 1 atom stereocenters. The van der Waals surface area contributed by atoms with Crippen molar-refractivity contribution in [2.75, 3.05) is 7.11 Å². The molecule has 0 aromatic heterocycles. The Morgan fingerprint density at radius 1 is 1.69 bits per heavy atom. The number of rotatable bonds is 3. The van der Waals surface area contributed by atoms with E-state index in [0.29, 0.717) is 5.56 Å². The molecule has 0 aliphatic heterocycles. The van der Waals surface area contributed by atoms with Crippen LogP contribution in [0.15, 0.2) is 15.7 Å². The van der Waals surface area contributed by atoms with E-state index in [1.54, 1.807) is 6.92 Å². The number of azide groups is 1. The lowest BCUT2D eigenvalue weighted by atomic mass is 10.1. The van der Waals surface area contributed by atoms with Crippen LogP contribution in [-0.2, 0) is 0 Å². The molecular formula is C9H8BrClFN3O. The van der Waals surface area contributed by atoms with Crippen molar-refractivity contribution in [1.29, 1.82) is 0 Å². The average Bonchev–Trinajstić information content (AvgIpc) is 2.26. The van der Waals surface area contributed by atoms with E-state index in [2.05, 4.69) is 26.0 Å². The number of halogens is 3. The van der Waals surface area contributed by atoms with Crippen LogP contribution in [0.1, 0.15) is 18.5 Å². The lowest BCUT2D eigenvalue weighted by molar-refractivity contribution is 0.399. The smallest absolute Gasteiger partial charge is 0.159 e. The molecule has 0 radical (unpaired) electrons. The zero-order valence-corrected chi connectivity index (χ0v) is 10.9. The van der Waals surface area contributed by atoms with E-state index in [1.165, 1.54) is 13.2 Å². The second-order valence-corrected chi connectivity index (χ2v) is 4.19. The third-order valence-corrected chi connectivity index (χ3v) is 3.01. The van der Waals surface area contributed by atoms with Crippen molar-refractivity contribution >= 4 is 27.5 Å². The highest BCUT2D eigenvalue weighted by atomic mass is 79.9. The summed E-state index contributed by atoms with van der Waals surface area (Å²) >= 11 is 8.74. The van der Waals surface area contributed by atoms with Gasteiger partial charge in [-0.05, 0) is 27.5 Å². The molecule has 1 aromatic rings. The van der Waals surface area contributed by atoms with Crippen LogP contribution in [0.4, 0.5) is 4.39 Å². The molecule has 1 aromatic carbocycles. The minimum Gasteiger partial charge on any atom is -0.495 e. The maximum absolute atomic E-state index is 13.4. The van der Waals surface area contributed by atoms with Gasteiger partial charge in [0.05, 0.1) is 22.6 Å².